The van der Waals surface area contributed by atoms with Crippen LogP contribution < -0.4 is 0 Å². The molecule has 2 heteroatoms. The molecule has 0 aliphatic carbocycles. The molecule has 0 aromatic rings. The summed E-state index contributed by atoms with van der Waals surface area (Å²) >= 11 is 1.99. The van der Waals surface area contributed by atoms with Crippen LogP contribution in [0.3, 0.4) is 0 Å². The Labute approximate surface area is 81.3 Å². The molecule has 0 saturated heterocycles. The molecule has 0 fully saturated rings. The molecule has 0 aliphatic heterocycles. The van der Waals surface area contributed by atoms with Crippen LogP contribution in [0.5, 0.6) is 0 Å². The molecule has 12 heavy (non-hydrogen) atoms. The van der Waals surface area contributed by atoms with Crippen LogP contribution in [0.2, 0.25) is 0 Å². The third-order valence-corrected chi connectivity index (χ3v) is 2.71. The van der Waals surface area contributed by atoms with Crippen molar-refractivity contribution in [1.82, 2.24) is 0 Å². The van der Waals surface area contributed by atoms with Crippen LogP contribution >= 0.6 is 11.8 Å². The number of ether oxygens (including phenoxy) is 1. The highest BCUT2D eigenvalue weighted by molar-refractivity contribution is 7.99. The second kappa shape index (κ2) is 9.40. The summed E-state index contributed by atoms with van der Waals surface area (Å²) in [4.78, 5) is 0. The van der Waals surface area contributed by atoms with Crippen molar-refractivity contribution in [1.29, 1.82) is 0 Å². The van der Waals surface area contributed by atoms with E-state index in [1.54, 1.807) is 0 Å². The number of hydrogen-bond acceptors (Lipinski definition) is 2. The van der Waals surface area contributed by atoms with Crippen molar-refractivity contribution in [3.63, 3.8) is 0 Å². The van der Waals surface area contributed by atoms with Crippen molar-refractivity contribution >= 4 is 11.8 Å². The van der Waals surface area contributed by atoms with E-state index in [1.165, 1.54) is 18.6 Å². The number of hydrogen-bond donors (Lipinski definition) is 0. The Balaban J connectivity index is 2.82. The van der Waals surface area contributed by atoms with E-state index >= 15 is 0 Å². The average Bonchev–Trinajstić information content (AvgIpc) is 2.02. The maximum absolute atomic E-state index is 5.47. The zero-order chi connectivity index (χ0) is 9.23. The highest BCUT2D eigenvalue weighted by Crippen LogP contribution is 2.02. The lowest BCUT2D eigenvalue weighted by molar-refractivity contribution is 0.138. The van der Waals surface area contributed by atoms with Gasteiger partial charge >= 0.3 is 0 Å². The van der Waals surface area contributed by atoms with Crippen LogP contribution in [0.15, 0.2) is 0 Å². The fraction of sp³-hybridized carbons (Fsp3) is 1.00. The molecule has 0 heterocycles. The molecule has 74 valence electrons. The van der Waals surface area contributed by atoms with Gasteiger partial charge in [-0.1, -0.05) is 20.8 Å². The molecule has 0 N–H and O–H groups in total. The molecule has 0 amide bonds. The van der Waals surface area contributed by atoms with Gasteiger partial charge in [-0.2, -0.15) is 11.8 Å². The minimum absolute atomic E-state index is 0.772. The van der Waals surface area contributed by atoms with Crippen molar-refractivity contribution in [3.8, 4) is 0 Å². The van der Waals surface area contributed by atoms with E-state index in [0.29, 0.717) is 0 Å². The largest absolute Gasteiger partial charge is 0.381 e. The van der Waals surface area contributed by atoms with Gasteiger partial charge < -0.3 is 4.74 Å². The van der Waals surface area contributed by atoms with Crippen molar-refractivity contribution < 1.29 is 4.74 Å². The molecule has 0 aromatic heterocycles. The first-order chi connectivity index (χ1) is 5.77. The minimum atomic E-state index is 0.772. The lowest BCUT2D eigenvalue weighted by Gasteiger charge is -2.05. The first-order valence-electron chi connectivity index (χ1n) is 4.92. The predicted octanol–water partition coefficient (Wildman–Crippen LogP) is 3.19. The van der Waals surface area contributed by atoms with Crippen molar-refractivity contribution in [2.45, 2.75) is 33.6 Å². The van der Waals surface area contributed by atoms with E-state index < -0.39 is 0 Å². The SMILES string of the molecule is CCCSCCOCCC(C)C. The van der Waals surface area contributed by atoms with Gasteiger partial charge in [0.15, 0.2) is 0 Å². The molecule has 0 radical (unpaired) electrons. The Morgan fingerprint density at radius 2 is 1.92 bits per heavy atom. The van der Waals surface area contributed by atoms with Crippen LogP contribution in [0, 0.1) is 5.92 Å². The smallest absolute Gasteiger partial charge is 0.0556 e. The second-order valence-corrected chi connectivity index (χ2v) is 4.63. The van der Waals surface area contributed by atoms with E-state index in [2.05, 4.69) is 20.8 Å². The van der Waals surface area contributed by atoms with Gasteiger partial charge in [-0.3, -0.25) is 0 Å². The standard InChI is InChI=1S/C10H22OS/c1-4-8-12-9-7-11-6-5-10(2)3/h10H,4-9H2,1-3H3. The third-order valence-electron chi connectivity index (χ3n) is 1.56. The third kappa shape index (κ3) is 10.3. The fourth-order valence-electron chi connectivity index (χ4n) is 0.785. The van der Waals surface area contributed by atoms with Crippen LogP contribution in [-0.2, 0) is 4.74 Å². The van der Waals surface area contributed by atoms with Gasteiger partial charge in [0, 0.05) is 12.4 Å². The maximum Gasteiger partial charge on any atom is 0.0556 e. The molecule has 0 saturated carbocycles. The van der Waals surface area contributed by atoms with Crippen molar-refractivity contribution in [3.05, 3.63) is 0 Å². The first kappa shape index (κ1) is 12.3. The summed E-state index contributed by atoms with van der Waals surface area (Å²) in [6.45, 7) is 8.54. The summed E-state index contributed by atoms with van der Waals surface area (Å²) < 4.78 is 5.47. The quantitative estimate of drug-likeness (QED) is 0.544. The summed E-state index contributed by atoms with van der Waals surface area (Å²) in [7, 11) is 0. The molecule has 0 bridgehead atoms. The average molecular weight is 190 g/mol. The van der Waals surface area contributed by atoms with E-state index in [1.807, 2.05) is 11.8 Å². The van der Waals surface area contributed by atoms with Gasteiger partial charge in [-0.25, -0.2) is 0 Å². The Kier molecular flexibility index (Phi) is 9.64. The summed E-state index contributed by atoms with van der Waals surface area (Å²) in [6, 6.07) is 0. The minimum Gasteiger partial charge on any atom is -0.381 e. The molecule has 1 nitrogen and oxygen atoms in total. The van der Waals surface area contributed by atoms with Gasteiger partial charge in [0.2, 0.25) is 0 Å². The van der Waals surface area contributed by atoms with Crippen LogP contribution in [-0.4, -0.2) is 24.7 Å². The molecule has 0 atom stereocenters. The van der Waals surface area contributed by atoms with Gasteiger partial charge in [-0.15, -0.1) is 0 Å². The molecule has 0 rings (SSSR count). The van der Waals surface area contributed by atoms with Gasteiger partial charge in [-0.05, 0) is 24.5 Å². The number of thioether (sulfide) groups is 1. The van der Waals surface area contributed by atoms with Crippen LogP contribution in [0.25, 0.3) is 0 Å². The topological polar surface area (TPSA) is 9.23 Å². The summed E-state index contributed by atoms with van der Waals surface area (Å²) in [5, 5.41) is 0. The lowest BCUT2D eigenvalue weighted by Crippen LogP contribution is -2.02. The van der Waals surface area contributed by atoms with Crippen molar-refractivity contribution in [2.75, 3.05) is 24.7 Å². The van der Waals surface area contributed by atoms with E-state index in [0.717, 1.165) is 24.9 Å². The van der Waals surface area contributed by atoms with E-state index in [-0.39, 0.29) is 0 Å². The van der Waals surface area contributed by atoms with Crippen LogP contribution in [0.1, 0.15) is 33.6 Å². The van der Waals surface area contributed by atoms with Gasteiger partial charge in [0.25, 0.3) is 0 Å². The van der Waals surface area contributed by atoms with Gasteiger partial charge in [0.05, 0.1) is 6.61 Å². The second-order valence-electron chi connectivity index (χ2n) is 3.41. The lowest BCUT2D eigenvalue weighted by atomic mass is 10.1. The predicted molar refractivity (Wildman–Crippen MR) is 57.9 cm³/mol. The van der Waals surface area contributed by atoms with Crippen LogP contribution in [0.4, 0.5) is 0 Å². The summed E-state index contributed by atoms with van der Waals surface area (Å²) in [6.07, 6.45) is 2.47. The maximum atomic E-state index is 5.47. The monoisotopic (exact) mass is 190 g/mol. The highest BCUT2D eigenvalue weighted by atomic mass is 32.2. The molecule has 0 aliphatic rings. The molecular weight excluding hydrogens is 168 g/mol. The number of rotatable bonds is 8. The van der Waals surface area contributed by atoms with Crippen molar-refractivity contribution in [2.24, 2.45) is 5.92 Å². The zero-order valence-electron chi connectivity index (χ0n) is 8.64. The molecule has 0 unspecified atom stereocenters. The van der Waals surface area contributed by atoms with Gasteiger partial charge in [0.1, 0.15) is 0 Å². The van der Waals surface area contributed by atoms with E-state index in [9.17, 15) is 0 Å². The molecule has 0 spiro atoms. The summed E-state index contributed by atoms with van der Waals surface area (Å²) in [5.41, 5.74) is 0. The zero-order valence-corrected chi connectivity index (χ0v) is 9.45. The fourth-order valence-corrected chi connectivity index (χ4v) is 1.51. The van der Waals surface area contributed by atoms with E-state index in [4.69, 9.17) is 4.74 Å². The normalized spacial score (nSPS) is 11.0. The Morgan fingerprint density at radius 3 is 2.50 bits per heavy atom. The summed E-state index contributed by atoms with van der Waals surface area (Å²) in [5.74, 6) is 3.20. The molecular formula is C10H22OS. The first-order valence-corrected chi connectivity index (χ1v) is 6.08. The molecule has 0 aromatic carbocycles. The Bertz CT molecular complexity index is 83.9. The Morgan fingerprint density at radius 1 is 1.17 bits per heavy atom. The Hall–Kier alpha value is 0.310. The highest BCUT2D eigenvalue weighted by Gasteiger charge is 1.93.